The molecule has 3 aromatic rings. The topological polar surface area (TPSA) is 79.9 Å². The Hall–Kier alpha value is -3.17. The summed E-state index contributed by atoms with van der Waals surface area (Å²) in [6.45, 7) is 4.35. The summed E-state index contributed by atoms with van der Waals surface area (Å²) in [5, 5.41) is 3.07. The molecule has 0 bridgehead atoms. The second-order valence-corrected chi connectivity index (χ2v) is 7.80. The number of carbonyl (C=O) groups excluding carboxylic acids is 1. The Morgan fingerprint density at radius 2 is 2.14 bits per heavy atom. The van der Waals surface area contributed by atoms with E-state index >= 15 is 0 Å². The molecule has 1 N–H and O–H groups in total. The van der Waals surface area contributed by atoms with Crippen LogP contribution in [0.1, 0.15) is 11.3 Å². The Balaban J connectivity index is 1.76. The van der Waals surface area contributed by atoms with Crippen LogP contribution >= 0.6 is 24.0 Å². The minimum absolute atomic E-state index is 0.242. The predicted molar refractivity (Wildman–Crippen MR) is 118 cm³/mol. The summed E-state index contributed by atoms with van der Waals surface area (Å²) >= 11 is 6.50. The molecule has 0 radical (unpaired) electrons. The number of nitrogens with zero attached hydrogens (tertiary/aromatic N) is 3. The number of anilines is 1. The average molecular weight is 425 g/mol. The van der Waals surface area contributed by atoms with Crippen molar-refractivity contribution in [2.45, 2.75) is 6.54 Å². The SMILES string of the molecule is C=CCNc1nc2ccccn2c(=O)c1/C=C1\SC(=S)N(Cc2ccco2)C1=O. The maximum Gasteiger partial charge on any atom is 0.267 e. The molecule has 1 aliphatic heterocycles. The number of thiocarbonyl (C=S) groups is 1. The number of amides is 1. The molecule has 29 heavy (non-hydrogen) atoms. The molecule has 0 spiro atoms. The van der Waals surface area contributed by atoms with Crippen molar-refractivity contribution in [3.63, 3.8) is 0 Å². The van der Waals surface area contributed by atoms with Gasteiger partial charge in [-0.3, -0.25) is 18.9 Å². The zero-order valence-electron chi connectivity index (χ0n) is 15.2. The van der Waals surface area contributed by atoms with Gasteiger partial charge in [-0.15, -0.1) is 6.58 Å². The maximum absolute atomic E-state index is 13.1. The number of hydrogen-bond acceptors (Lipinski definition) is 7. The smallest absolute Gasteiger partial charge is 0.267 e. The van der Waals surface area contributed by atoms with E-state index in [4.69, 9.17) is 16.6 Å². The van der Waals surface area contributed by atoms with Crippen molar-refractivity contribution in [2.75, 3.05) is 11.9 Å². The van der Waals surface area contributed by atoms with Gasteiger partial charge < -0.3 is 9.73 Å². The predicted octanol–water partition coefficient (Wildman–Crippen LogP) is 3.29. The highest BCUT2D eigenvalue weighted by Gasteiger charge is 2.33. The summed E-state index contributed by atoms with van der Waals surface area (Å²) < 4.78 is 7.16. The zero-order chi connectivity index (χ0) is 20.4. The molecule has 0 unspecified atom stereocenters. The van der Waals surface area contributed by atoms with Gasteiger partial charge >= 0.3 is 0 Å². The van der Waals surface area contributed by atoms with Gasteiger partial charge in [0.25, 0.3) is 11.5 Å². The molecule has 1 fully saturated rings. The van der Waals surface area contributed by atoms with Gasteiger partial charge in [0.2, 0.25) is 0 Å². The second kappa shape index (κ2) is 8.06. The van der Waals surface area contributed by atoms with Crippen molar-refractivity contribution in [2.24, 2.45) is 0 Å². The van der Waals surface area contributed by atoms with Crippen molar-refractivity contribution in [1.29, 1.82) is 0 Å². The number of aromatic nitrogens is 2. The number of fused-ring (bicyclic) bond motifs is 1. The van der Waals surface area contributed by atoms with Crippen molar-refractivity contribution in [3.05, 3.63) is 82.0 Å². The number of hydrogen-bond donors (Lipinski definition) is 1. The lowest BCUT2D eigenvalue weighted by atomic mass is 10.2. The first-order chi connectivity index (χ1) is 14.1. The first-order valence-corrected chi connectivity index (χ1v) is 9.95. The molecular weight excluding hydrogens is 408 g/mol. The van der Waals surface area contributed by atoms with Crippen molar-refractivity contribution < 1.29 is 9.21 Å². The highest BCUT2D eigenvalue weighted by Crippen LogP contribution is 2.34. The van der Waals surface area contributed by atoms with Crippen LogP contribution in [-0.2, 0) is 11.3 Å². The van der Waals surface area contributed by atoms with E-state index in [9.17, 15) is 9.59 Å². The largest absolute Gasteiger partial charge is 0.467 e. The van der Waals surface area contributed by atoms with Gasteiger partial charge in [-0.05, 0) is 30.3 Å². The van der Waals surface area contributed by atoms with Crippen molar-refractivity contribution in [1.82, 2.24) is 14.3 Å². The average Bonchev–Trinajstić information content (AvgIpc) is 3.33. The van der Waals surface area contributed by atoms with Crippen LogP contribution in [0.5, 0.6) is 0 Å². The van der Waals surface area contributed by atoms with E-state index in [1.54, 1.807) is 54.9 Å². The van der Waals surface area contributed by atoms with Crippen LogP contribution in [0.25, 0.3) is 11.7 Å². The molecule has 0 aliphatic carbocycles. The number of pyridine rings is 1. The number of carbonyl (C=O) groups is 1. The van der Waals surface area contributed by atoms with Crippen LogP contribution in [0.2, 0.25) is 0 Å². The van der Waals surface area contributed by atoms with Crippen LogP contribution in [0.3, 0.4) is 0 Å². The fourth-order valence-corrected chi connectivity index (χ4v) is 4.10. The monoisotopic (exact) mass is 424 g/mol. The molecule has 146 valence electrons. The third kappa shape index (κ3) is 3.74. The highest BCUT2D eigenvalue weighted by molar-refractivity contribution is 8.26. The van der Waals surface area contributed by atoms with Gasteiger partial charge in [0, 0.05) is 12.7 Å². The summed E-state index contributed by atoms with van der Waals surface area (Å²) in [6.07, 6.45) is 6.40. The summed E-state index contributed by atoms with van der Waals surface area (Å²) in [5.41, 5.74) is 0.513. The molecular formula is C20H16N4O3S2. The molecule has 1 amide bonds. The van der Waals surface area contributed by atoms with Gasteiger partial charge in [-0.2, -0.15) is 0 Å². The van der Waals surface area contributed by atoms with E-state index in [2.05, 4.69) is 16.9 Å². The lowest BCUT2D eigenvalue weighted by Gasteiger charge is -2.12. The number of furan rings is 1. The zero-order valence-corrected chi connectivity index (χ0v) is 16.8. The number of thioether (sulfide) groups is 1. The number of nitrogens with one attached hydrogen (secondary N) is 1. The van der Waals surface area contributed by atoms with Crippen LogP contribution in [-0.4, -0.2) is 31.1 Å². The Morgan fingerprint density at radius 1 is 1.28 bits per heavy atom. The van der Waals surface area contributed by atoms with Crippen LogP contribution in [0, 0.1) is 0 Å². The van der Waals surface area contributed by atoms with Crippen molar-refractivity contribution >= 4 is 51.7 Å². The first kappa shape index (κ1) is 19.2. The fraction of sp³-hybridized carbons (Fsp3) is 0.100. The Kier molecular flexibility index (Phi) is 5.32. The fourth-order valence-electron chi connectivity index (χ4n) is 2.86. The van der Waals surface area contributed by atoms with Gasteiger partial charge in [-0.25, -0.2) is 4.98 Å². The Morgan fingerprint density at radius 3 is 2.90 bits per heavy atom. The quantitative estimate of drug-likeness (QED) is 0.369. The maximum atomic E-state index is 13.1. The summed E-state index contributed by atoms with van der Waals surface area (Å²) in [7, 11) is 0. The van der Waals surface area contributed by atoms with E-state index in [1.165, 1.54) is 9.30 Å². The van der Waals surface area contributed by atoms with E-state index in [0.29, 0.717) is 33.0 Å². The minimum Gasteiger partial charge on any atom is -0.467 e. The van der Waals surface area contributed by atoms with E-state index in [-0.39, 0.29) is 23.6 Å². The van der Waals surface area contributed by atoms with Crippen LogP contribution in [0.4, 0.5) is 5.82 Å². The molecule has 0 atom stereocenters. The third-order valence-electron chi connectivity index (χ3n) is 4.23. The first-order valence-electron chi connectivity index (χ1n) is 8.72. The minimum atomic E-state index is -0.279. The normalized spacial score (nSPS) is 15.4. The summed E-state index contributed by atoms with van der Waals surface area (Å²) in [6, 6.07) is 8.83. The highest BCUT2D eigenvalue weighted by atomic mass is 32.2. The molecule has 1 aliphatic rings. The molecule has 4 rings (SSSR count). The lowest BCUT2D eigenvalue weighted by Crippen LogP contribution is -2.27. The Bertz CT molecular complexity index is 1200. The molecule has 3 aromatic heterocycles. The summed E-state index contributed by atoms with van der Waals surface area (Å²) in [5.74, 6) is 0.740. The lowest BCUT2D eigenvalue weighted by molar-refractivity contribution is -0.122. The molecule has 0 aromatic carbocycles. The van der Waals surface area contributed by atoms with E-state index in [0.717, 1.165) is 11.8 Å². The van der Waals surface area contributed by atoms with Crippen molar-refractivity contribution in [3.8, 4) is 0 Å². The van der Waals surface area contributed by atoms with E-state index in [1.807, 2.05) is 0 Å². The second-order valence-electron chi connectivity index (χ2n) is 6.12. The molecule has 1 saturated heterocycles. The third-order valence-corrected chi connectivity index (χ3v) is 5.60. The molecule has 0 saturated carbocycles. The molecule has 7 nitrogen and oxygen atoms in total. The molecule has 9 heteroatoms. The molecule has 4 heterocycles. The van der Waals surface area contributed by atoms with Gasteiger partial charge in [0.1, 0.15) is 21.5 Å². The standard InChI is InChI=1S/C20H16N4O3S2/c1-2-8-21-17-14(18(25)23-9-4-3-7-16(23)22-17)11-15-19(26)24(20(28)29-15)12-13-6-5-10-27-13/h2-7,9-11,21H,1,8,12H2/b15-11-. The van der Waals surface area contributed by atoms with Crippen LogP contribution < -0.4 is 10.9 Å². The Labute approximate surface area is 175 Å². The van der Waals surface area contributed by atoms with E-state index < -0.39 is 0 Å². The summed E-state index contributed by atoms with van der Waals surface area (Å²) in [4.78, 5) is 32.3. The number of rotatable bonds is 6. The van der Waals surface area contributed by atoms with Gasteiger partial charge in [0.05, 0.1) is 23.3 Å². The van der Waals surface area contributed by atoms with Crippen LogP contribution in [0.15, 0.2) is 69.6 Å². The van der Waals surface area contributed by atoms with Gasteiger partial charge in [-0.1, -0.05) is 36.1 Å². The van der Waals surface area contributed by atoms with Gasteiger partial charge in [0.15, 0.2) is 0 Å².